The molecule has 1 heterocycles. The summed E-state index contributed by atoms with van der Waals surface area (Å²) in [6.07, 6.45) is 3.14. The molecule has 7 heteroatoms. The Labute approximate surface area is 109 Å². The van der Waals surface area contributed by atoms with Gasteiger partial charge in [0.1, 0.15) is 11.0 Å². The minimum atomic E-state index is -0.518. The maximum Gasteiger partial charge on any atom is 0.276 e. The SMILES string of the molecule is O=[N+]([O-])c1cc(Cl)nc(NC2CCCCC2O)c1. The average Bonchev–Trinajstić information content (AvgIpc) is 2.31. The molecule has 1 aromatic rings. The topological polar surface area (TPSA) is 88.3 Å². The summed E-state index contributed by atoms with van der Waals surface area (Å²) < 4.78 is 0. The highest BCUT2D eigenvalue weighted by Gasteiger charge is 2.23. The van der Waals surface area contributed by atoms with E-state index in [0.717, 1.165) is 25.7 Å². The second-order valence-corrected chi connectivity index (χ2v) is 4.78. The third-order valence-electron chi connectivity index (χ3n) is 3.05. The molecule has 2 unspecified atom stereocenters. The van der Waals surface area contributed by atoms with Gasteiger partial charge in [-0.05, 0) is 12.8 Å². The number of rotatable bonds is 3. The third kappa shape index (κ3) is 3.08. The molecule has 1 aromatic heterocycles. The molecule has 0 bridgehead atoms. The van der Waals surface area contributed by atoms with Crippen molar-refractivity contribution in [2.45, 2.75) is 37.8 Å². The minimum Gasteiger partial charge on any atom is -0.391 e. The molecule has 0 amide bonds. The second kappa shape index (κ2) is 5.49. The highest BCUT2D eigenvalue weighted by Crippen LogP contribution is 2.25. The largest absolute Gasteiger partial charge is 0.391 e. The maximum absolute atomic E-state index is 10.7. The predicted octanol–water partition coefficient (Wildman–Crippen LogP) is 2.36. The smallest absolute Gasteiger partial charge is 0.276 e. The molecule has 0 aromatic carbocycles. The lowest BCUT2D eigenvalue weighted by atomic mass is 9.92. The molecular weight excluding hydrogens is 258 g/mol. The van der Waals surface area contributed by atoms with Crippen molar-refractivity contribution in [1.82, 2.24) is 4.98 Å². The van der Waals surface area contributed by atoms with Crippen LogP contribution >= 0.6 is 11.6 Å². The van der Waals surface area contributed by atoms with Crippen LogP contribution in [0, 0.1) is 10.1 Å². The second-order valence-electron chi connectivity index (χ2n) is 4.39. The highest BCUT2D eigenvalue weighted by molar-refractivity contribution is 6.29. The van der Waals surface area contributed by atoms with Crippen molar-refractivity contribution in [3.05, 3.63) is 27.4 Å². The number of nitro groups is 1. The molecule has 1 aliphatic carbocycles. The van der Waals surface area contributed by atoms with Crippen LogP contribution in [0.3, 0.4) is 0 Å². The van der Waals surface area contributed by atoms with Gasteiger partial charge in [-0.2, -0.15) is 0 Å². The number of nitrogens with one attached hydrogen (secondary N) is 1. The zero-order valence-electron chi connectivity index (χ0n) is 9.67. The predicted molar refractivity (Wildman–Crippen MR) is 67.8 cm³/mol. The average molecular weight is 272 g/mol. The van der Waals surface area contributed by atoms with Crippen LogP contribution in [0.1, 0.15) is 25.7 Å². The van der Waals surface area contributed by atoms with Gasteiger partial charge in [0.2, 0.25) is 0 Å². The summed E-state index contributed by atoms with van der Waals surface area (Å²) in [4.78, 5) is 14.2. The first kappa shape index (κ1) is 13.0. The van der Waals surface area contributed by atoms with Crippen molar-refractivity contribution in [3.63, 3.8) is 0 Å². The van der Waals surface area contributed by atoms with Crippen molar-refractivity contribution in [3.8, 4) is 0 Å². The van der Waals surface area contributed by atoms with Crippen LogP contribution in [0.15, 0.2) is 12.1 Å². The molecule has 0 spiro atoms. The summed E-state index contributed by atoms with van der Waals surface area (Å²) in [5.74, 6) is 0.333. The number of aliphatic hydroxyl groups excluding tert-OH is 1. The van der Waals surface area contributed by atoms with Crippen LogP contribution in [-0.2, 0) is 0 Å². The van der Waals surface area contributed by atoms with E-state index >= 15 is 0 Å². The van der Waals surface area contributed by atoms with Gasteiger partial charge in [-0.15, -0.1) is 0 Å². The van der Waals surface area contributed by atoms with Crippen LogP contribution in [0.25, 0.3) is 0 Å². The Morgan fingerprint density at radius 1 is 1.44 bits per heavy atom. The molecular formula is C11H14ClN3O3. The Kier molecular flexibility index (Phi) is 3.98. The molecule has 2 atom stereocenters. The lowest BCUT2D eigenvalue weighted by Crippen LogP contribution is -2.36. The first-order valence-electron chi connectivity index (χ1n) is 5.83. The molecule has 1 fully saturated rings. The van der Waals surface area contributed by atoms with Gasteiger partial charge in [0.25, 0.3) is 5.69 Å². The highest BCUT2D eigenvalue weighted by atomic mass is 35.5. The van der Waals surface area contributed by atoms with Gasteiger partial charge < -0.3 is 10.4 Å². The standard InChI is InChI=1S/C11H14ClN3O3/c12-10-5-7(15(17)18)6-11(14-10)13-8-3-1-2-4-9(8)16/h5-6,8-9,16H,1-4H2,(H,13,14). The van der Waals surface area contributed by atoms with Gasteiger partial charge in [-0.3, -0.25) is 10.1 Å². The fourth-order valence-corrected chi connectivity index (χ4v) is 2.34. The van der Waals surface area contributed by atoms with Gasteiger partial charge in [0.05, 0.1) is 29.2 Å². The van der Waals surface area contributed by atoms with E-state index in [1.54, 1.807) is 0 Å². The summed E-state index contributed by atoms with van der Waals surface area (Å²) >= 11 is 5.73. The normalized spacial score (nSPS) is 23.7. The van der Waals surface area contributed by atoms with E-state index in [1.165, 1.54) is 12.1 Å². The summed E-state index contributed by atoms with van der Waals surface area (Å²) in [6, 6.07) is 2.40. The fraction of sp³-hybridized carbons (Fsp3) is 0.545. The molecule has 2 N–H and O–H groups in total. The van der Waals surface area contributed by atoms with E-state index in [2.05, 4.69) is 10.3 Å². The molecule has 6 nitrogen and oxygen atoms in total. The van der Waals surface area contributed by atoms with Crippen molar-refractivity contribution < 1.29 is 10.0 Å². The zero-order chi connectivity index (χ0) is 13.1. The van der Waals surface area contributed by atoms with Crippen molar-refractivity contribution in [2.75, 3.05) is 5.32 Å². The Morgan fingerprint density at radius 3 is 2.83 bits per heavy atom. The Bertz CT molecular complexity index is 455. The number of hydrogen-bond donors (Lipinski definition) is 2. The molecule has 18 heavy (non-hydrogen) atoms. The number of pyridine rings is 1. The lowest BCUT2D eigenvalue weighted by molar-refractivity contribution is -0.384. The number of anilines is 1. The molecule has 1 saturated carbocycles. The third-order valence-corrected chi connectivity index (χ3v) is 3.25. The number of hydrogen-bond acceptors (Lipinski definition) is 5. The number of aliphatic hydroxyl groups is 1. The Morgan fingerprint density at radius 2 is 2.17 bits per heavy atom. The number of aromatic nitrogens is 1. The lowest BCUT2D eigenvalue weighted by Gasteiger charge is -2.28. The Hall–Kier alpha value is -1.40. The van der Waals surface area contributed by atoms with E-state index in [4.69, 9.17) is 11.6 Å². The summed E-state index contributed by atoms with van der Waals surface area (Å²) in [5.41, 5.74) is -0.109. The van der Waals surface area contributed by atoms with E-state index in [-0.39, 0.29) is 16.9 Å². The summed E-state index contributed by atoms with van der Waals surface area (Å²) in [6.45, 7) is 0. The van der Waals surface area contributed by atoms with Gasteiger partial charge in [-0.1, -0.05) is 24.4 Å². The van der Waals surface area contributed by atoms with Crippen molar-refractivity contribution in [2.24, 2.45) is 0 Å². The molecule has 2 rings (SSSR count). The van der Waals surface area contributed by atoms with E-state index in [1.807, 2.05) is 0 Å². The first-order valence-corrected chi connectivity index (χ1v) is 6.20. The van der Waals surface area contributed by atoms with Gasteiger partial charge in [-0.25, -0.2) is 4.98 Å². The van der Waals surface area contributed by atoms with Gasteiger partial charge in [0, 0.05) is 0 Å². The molecule has 98 valence electrons. The van der Waals surface area contributed by atoms with Gasteiger partial charge >= 0.3 is 0 Å². The minimum absolute atomic E-state index is 0.0667. The van der Waals surface area contributed by atoms with Crippen LogP contribution in [0.4, 0.5) is 11.5 Å². The van der Waals surface area contributed by atoms with Crippen molar-refractivity contribution in [1.29, 1.82) is 0 Å². The fourth-order valence-electron chi connectivity index (χ4n) is 2.13. The number of nitrogens with zero attached hydrogens (tertiary/aromatic N) is 2. The maximum atomic E-state index is 10.7. The quantitative estimate of drug-likeness (QED) is 0.500. The van der Waals surface area contributed by atoms with E-state index in [0.29, 0.717) is 5.82 Å². The molecule has 0 aliphatic heterocycles. The van der Waals surface area contributed by atoms with Crippen LogP contribution in [-0.4, -0.2) is 27.2 Å². The molecule has 1 aliphatic rings. The molecule has 0 radical (unpaired) electrons. The Balaban J connectivity index is 2.15. The number of halogens is 1. The van der Waals surface area contributed by atoms with E-state index in [9.17, 15) is 15.2 Å². The van der Waals surface area contributed by atoms with Crippen LogP contribution in [0.5, 0.6) is 0 Å². The van der Waals surface area contributed by atoms with Crippen LogP contribution < -0.4 is 5.32 Å². The first-order chi connectivity index (χ1) is 8.56. The van der Waals surface area contributed by atoms with Gasteiger partial charge in [0.15, 0.2) is 0 Å². The molecule has 0 saturated heterocycles. The monoisotopic (exact) mass is 271 g/mol. The summed E-state index contributed by atoms with van der Waals surface area (Å²) in [7, 11) is 0. The summed E-state index contributed by atoms with van der Waals surface area (Å²) in [5, 5.41) is 23.6. The van der Waals surface area contributed by atoms with Crippen LogP contribution in [0.2, 0.25) is 5.15 Å². The van der Waals surface area contributed by atoms with E-state index < -0.39 is 11.0 Å². The zero-order valence-corrected chi connectivity index (χ0v) is 10.4. The van der Waals surface area contributed by atoms with Crippen molar-refractivity contribution >= 4 is 23.1 Å².